The van der Waals surface area contributed by atoms with Crippen molar-refractivity contribution in [1.29, 1.82) is 0 Å². The minimum Gasteiger partial charge on any atom is -0.426 e. The molecular formula is C13H12O3. The van der Waals surface area contributed by atoms with Crippen LogP contribution >= 0.6 is 0 Å². The molecule has 0 aliphatic carbocycles. The summed E-state index contributed by atoms with van der Waals surface area (Å²) < 4.78 is 10.6. The number of benzene rings is 1. The first-order valence-corrected chi connectivity index (χ1v) is 5.13. The number of rotatable bonds is 4. The van der Waals surface area contributed by atoms with Gasteiger partial charge in [0.05, 0.1) is 0 Å². The maximum atomic E-state index is 10.4. The third kappa shape index (κ3) is 2.31. The van der Waals surface area contributed by atoms with Crippen LogP contribution in [0, 0.1) is 0 Å². The van der Waals surface area contributed by atoms with E-state index in [1.165, 1.54) is 5.56 Å². The van der Waals surface area contributed by atoms with Gasteiger partial charge in [0.25, 0.3) is 5.95 Å². The minimum atomic E-state index is 0.265. The van der Waals surface area contributed by atoms with E-state index >= 15 is 0 Å². The van der Waals surface area contributed by atoms with Crippen LogP contribution in [0.3, 0.4) is 0 Å². The van der Waals surface area contributed by atoms with Gasteiger partial charge >= 0.3 is 0 Å². The van der Waals surface area contributed by atoms with Gasteiger partial charge in [0.15, 0.2) is 12.0 Å². The molecule has 0 N–H and O–H groups in total. The fourth-order valence-corrected chi connectivity index (χ4v) is 1.40. The number of furan rings is 1. The normalized spacial score (nSPS) is 10.1. The van der Waals surface area contributed by atoms with Crippen molar-refractivity contribution >= 4 is 6.29 Å². The SMILES string of the molecule is CCc1cccc(Oc2ccc(C=O)o2)c1. The Morgan fingerprint density at radius 2 is 2.19 bits per heavy atom. The van der Waals surface area contributed by atoms with Gasteiger partial charge in [-0.3, -0.25) is 4.79 Å². The Morgan fingerprint density at radius 3 is 2.88 bits per heavy atom. The molecule has 16 heavy (non-hydrogen) atoms. The van der Waals surface area contributed by atoms with Crippen molar-refractivity contribution in [1.82, 2.24) is 0 Å². The Hall–Kier alpha value is -2.03. The maximum absolute atomic E-state index is 10.4. The van der Waals surface area contributed by atoms with Gasteiger partial charge in [0.2, 0.25) is 0 Å². The molecule has 0 atom stereocenters. The predicted molar refractivity (Wildman–Crippen MR) is 60.0 cm³/mol. The Kier molecular flexibility index (Phi) is 3.05. The first-order valence-electron chi connectivity index (χ1n) is 5.13. The molecule has 0 radical (unpaired) electrons. The van der Waals surface area contributed by atoms with Crippen LogP contribution in [0.4, 0.5) is 0 Å². The Morgan fingerprint density at radius 1 is 1.31 bits per heavy atom. The van der Waals surface area contributed by atoms with E-state index in [1.807, 2.05) is 24.3 Å². The fourth-order valence-electron chi connectivity index (χ4n) is 1.40. The smallest absolute Gasteiger partial charge is 0.290 e. The van der Waals surface area contributed by atoms with Crippen molar-refractivity contribution in [3.05, 3.63) is 47.7 Å². The number of aryl methyl sites for hydroxylation is 1. The van der Waals surface area contributed by atoms with Gasteiger partial charge in [-0.15, -0.1) is 0 Å². The topological polar surface area (TPSA) is 39.4 Å². The quantitative estimate of drug-likeness (QED) is 0.735. The van der Waals surface area contributed by atoms with E-state index in [0.29, 0.717) is 18.0 Å². The number of hydrogen-bond acceptors (Lipinski definition) is 3. The van der Waals surface area contributed by atoms with Gasteiger partial charge in [-0.25, -0.2) is 0 Å². The van der Waals surface area contributed by atoms with Crippen LogP contribution in [0.25, 0.3) is 0 Å². The molecule has 0 amide bonds. The van der Waals surface area contributed by atoms with Gasteiger partial charge in [0.1, 0.15) is 5.75 Å². The third-order valence-electron chi connectivity index (χ3n) is 2.24. The number of hydrogen-bond donors (Lipinski definition) is 0. The number of aldehydes is 1. The van der Waals surface area contributed by atoms with Gasteiger partial charge < -0.3 is 9.15 Å². The summed E-state index contributed by atoms with van der Waals surface area (Å²) in [6.07, 6.45) is 1.60. The van der Waals surface area contributed by atoms with Crippen LogP contribution in [0.2, 0.25) is 0 Å². The fraction of sp³-hybridized carbons (Fsp3) is 0.154. The molecular weight excluding hydrogens is 204 g/mol. The molecule has 1 aromatic heterocycles. The zero-order valence-electron chi connectivity index (χ0n) is 8.97. The van der Waals surface area contributed by atoms with Crippen molar-refractivity contribution in [3.63, 3.8) is 0 Å². The highest BCUT2D eigenvalue weighted by atomic mass is 16.6. The summed E-state index contributed by atoms with van der Waals surface area (Å²) in [5, 5.41) is 0. The maximum Gasteiger partial charge on any atom is 0.290 e. The molecule has 3 nitrogen and oxygen atoms in total. The zero-order valence-corrected chi connectivity index (χ0v) is 8.97. The number of carbonyl (C=O) groups excluding carboxylic acids is 1. The minimum absolute atomic E-state index is 0.265. The van der Waals surface area contributed by atoms with Crippen LogP contribution in [-0.4, -0.2) is 6.29 Å². The summed E-state index contributed by atoms with van der Waals surface area (Å²) in [5.74, 6) is 1.31. The molecule has 3 heteroatoms. The highest BCUT2D eigenvalue weighted by Crippen LogP contribution is 2.23. The van der Waals surface area contributed by atoms with E-state index in [-0.39, 0.29) is 5.76 Å². The second-order valence-corrected chi connectivity index (χ2v) is 3.38. The lowest BCUT2D eigenvalue weighted by atomic mass is 10.2. The Bertz CT molecular complexity index is 485. The molecule has 0 saturated heterocycles. The molecule has 0 fully saturated rings. The summed E-state index contributed by atoms with van der Waals surface area (Å²) in [5.41, 5.74) is 1.19. The average Bonchev–Trinajstić information content (AvgIpc) is 2.77. The summed E-state index contributed by atoms with van der Waals surface area (Å²) in [6.45, 7) is 2.08. The molecule has 0 saturated carbocycles. The molecule has 2 aromatic rings. The molecule has 2 rings (SSSR count). The number of ether oxygens (including phenoxy) is 1. The van der Waals surface area contributed by atoms with E-state index in [1.54, 1.807) is 12.1 Å². The van der Waals surface area contributed by atoms with Crippen molar-refractivity contribution in [2.24, 2.45) is 0 Å². The monoisotopic (exact) mass is 216 g/mol. The standard InChI is InChI=1S/C13H12O3/c1-2-10-4-3-5-11(8-10)15-13-7-6-12(9-14)16-13/h3-9H,2H2,1H3. The lowest BCUT2D eigenvalue weighted by Crippen LogP contribution is -1.84. The lowest BCUT2D eigenvalue weighted by Gasteiger charge is -2.03. The average molecular weight is 216 g/mol. The molecule has 0 aliphatic rings. The summed E-state index contributed by atoms with van der Waals surface area (Å²) in [6, 6.07) is 11.0. The van der Waals surface area contributed by atoms with Crippen molar-refractivity contribution in [2.45, 2.75) is 13.3 Å². The molecule has 0 bridgehead atoms. The summed E-state index contributed by atoms with van der Waals surface area (Å²) in [7, 11) is 0. The predicted octanol–water partition coefficient (Wildman–Crippen LogP) is 3.45. The van der Waals surface area contributed by atoms with E-state index < -0.39 is 0 Å². The largest absolute Gasteiger partial charge is 0.426 e. The first kappa shape index (κ1) is 10.5. The van der Waals surface area contributed by atoms with Gasteiger partial charge in [-0.05, 0) is 30.2 Å². The van der Waals surface area contributed by atoms with Crippen molar-refractivity contribution < 1.29 is 13.9 Å². The van der Waals surface area contributed by atoms with Crippen molar-refractivity contribution in [2.75, 3.05) is 0 Å². The summed E-state index contributed by atoms with van der Waals surface area (Å²) in [4.78, 5) is 10.4. The van der Waals surface area contributed by atoms with Gasteiger partial charge in [0, 0.05) is 6.07 Å². The van der Waals surface area contributed by atoms with Crippen molar-refractivity contribution in [3.8, 4) is 11.7 Å². The first-order chi connectivity index (χ1) is 7.81. The molecule has 1 heterocycles. The van der Waals surface area contributed by atoms with Crippen LogP contribution in [0.1, 0.15) is 23.0 Å². The molecule has 1 aromatic carbocycles. The molecule has 0 unspecified atom stereocenters. The van der Waals surface area contributed by atoms with Crippen LogP contribution in [-0.2, 0) is 6.42 Å². The second-order valence-electron chi connectivity index (χ2n) is 3.38. The molecule has 0 aliphatic heterocycles. The van der Waals surface area contributed by atoms with Crippen LogP contribution < -0.4 is 4.74 Å². The number of carbonyl (C=O) groups is 1. The van der Waals surface area contributed by atoms with Crippen LogP contribution in [0.5, 0.6) is 11.7 Å². The molecule has 0 spiro atoms. The summed E-state index contributed by atoms with van der Waals surface area (Å²) >= 11 is 0. The molecule has 82 valence electrons. The highest BCUT2D eigenvalue weighted by molar-refractivity contribution is 5.70. The van der Waals surface area contributed by atoms with E-state index in [0.717, 1.165) is 6.42 Å². The van der Waals surface area contributed by atoms with E-state index in [4.69, 9.17) is 9.15 Å². The second kappa shape index (κ2) is 4.66. The van der Waals surface area contributed by atoms with E-state index in [9.17, 15) is 4.79 Å². The van der Waals surface area contributed by atoms with Crippen LogP contribution in [0.15, 0.2) is 40.8 Å². The lowest BCUT2D eigenvalue weighted by molar-refractivity contribution is 0.109. The van der Waals surface area contributed by atoms with Gasteiger partial charge in [-0.2, -0.15) is 0 Å². The highest BCUT2D eigenvalue weighted by Gasteiger charge is 2.03. The third-order valence-corrected chi connectivity index (χ3v) is 2.24. The zero-order chi connectivity index (χ0) is 11.4. The Labute approximate surface area is 93.7 Å². The van der Waals surface area contributed by atoms with E-state index in [2.05, 4.69) is 6.92 Å². The Balaban J connectivity index is 2.16. The van der Waals surface area contributed by atoms with Gasteiger partial charge in [-0.1, -0.05) is 19.1 Å².